The van der Waals surface area contributed by atoms with Gasteiger partial charge in [-0.2, -0.15) is 0 Å². The summed E-state index contributed by atoms with van der Waals surface area (Å²) in [6.07, 6.45) is 1.02. The van der Waals surface area contributed by atoms with E-state index in [-0.39, 0.29) is 23.5 Å². The Kier molecular flexibility index (Phi) is 4.61. The van der Waals surface area contributed by atoms with E-state index in [2.05, 4.69) is 12.2 Å². The first-order valence-electron chi connectivity index (χ1n) is 8.20. The van der Waals surface area contributed by atoms with Crippen molar-refractivity contribution in [2.24, 2.45) is 11.8 Å². The quantitative estimate of drug-likeness (QED) is 0.830. The van der Waals surface area contributed by atoms with Crippen LogP contribution in [0.3, 0.4) is 0 Å². The SMILES string of the molecule is C[C@H]1C[C@@H]1C(=O)N1CC[NH+](CC(=O)Nc2ccc(F)cc2)CC1. The highest BCUT2D eigenvalue weighted by Crippen LogP contribution is 2.39. The van der Waals surface area contributed by atoms with E-state index in [0.717, 1.165) is 32.6 Å². The minimum atomic E-state index is -0.320. The molecule has 23 heavy (non-hydrogen) atoms. The second-order valence-corrected chi connectivity index (χ2v) is 6.63. The first-order chi connectivity index (χ1) is 11.0. The topological polar surface area (TPSA) is 53.9 Å². The second kappa shape index (κ2) is 6.66. The van der Waals surface area contributed by atoms with Gasteiger partial charge in [-0.1, -0.05) is 6.92 Å². The molecule has 1 aromatic rings. The molecule has 1 saturated carbocycles. The molecule has 0 aromatic heterocycles. The predicted molar refractivity (Wildman–Crippen MR) is 84.4 cm³/mol. The van der Waals surface area contributed by atoms with Crippen molar-refractivity contribution in [1.29, 1.82) is 0 Å². The van der Waals surface area contributed by atoms with Gasteiger partial charge in [0.25, 0.3) is 5.91 Å². The van der Waals surface area contributed by atoms with Crippen LogP contribution in [-0.2, 0) is 9.59 Å². The molecule has 0 radical (unpaired) electrons. The summed E-state index contributed by atoms with van der Waals surface area (Å²) in [5.41, 5.74) is 0.604. The third-order valence-electron chi connectivity index (χ3n) is 4.75. The van der Waals surface area contributed by atoms with Gasteiger partial charge in [-0.15, -0.1) is 0 Å². The molecule has 1 aliphatic heterocycles. The molecule has 2 N–H and O–H groups in total. The van der Waals surface area contributed by atoms with Gasteiger partial charge < -0.3 is 15.1 Å². The summed E-state index contributed by atoms with van der Waals surface area (Å²) in [4.78, 5) is 27.3. The van der Waals surface area contributed by atoms with Crippen molar-refractivity contribution in [3.05, 3.63) is 30.1 Å². The molecule has 3 rings (SSSR count). The van der Waals surface area contributed by atoms with E-state index >= 15 is 0 Å². The minimum absolute atomic E-state index is 0.0813. The zero-order valence-electron chi connectivity index (χ0n) is 13.3. The summed E-state index contributed by atoms with van der Waals surface area (Å²) < 4.78 is 12.8. The number of quaternary nitrogens is 1. The number of carbonyl (C=O) groups excluding carboxylic acids is 2. The van der Waals surface area contributed by atoms with E-state index < -0.39 is 0 Å². The van der Waals surface area contributed by atoms with Crippen LogP contribution in [0.25, 0.3) is 0 Å². The molecule has 0 unspecified atom stereocenters. The maximum absolute atomic E-state index is 12.8. The predicted octanol–water partition coefficient (Wildman–Crippen LogP) is 0.147. The number of halogens is 1. The molecule has 2 amide bonds. The smallest absolute Gasteiger partial charge is 0.279 e. The van der Waals surface area contributed by atoms with Gasteiger partial charge in [0, 0.05) is 11.6 Å². The number of anilines is 1. The molecular formula is C17H23FN3O2+. The molecule has 5 nitrogen and oxygen atoms in total. The third kappa shape index (κ3) is 4.07. The number of nitrogens with zero attached hydrogens (tertiary/aromatic N) is 1. The maximum atomic E-state index is 12.8. The number of amides is 2. The molecule has 1 saturated heterocycles. The van der Waals surface area contributed by atoms with E-state index in [1.165, 1.54) is 17.0 Å². The van der Waals surface area contributed by atoms with Crippen molar-refractivity contribution in [1.82, 2.24) is 4.90 Å². The number of hydrogen-bond donors (Lipinski definition) is 2. The van der Waals surface area contributed by atoms with Gasteiger partial charge in [-0.05, 0) is 36.6 Å². The standard InChI is InChI=1S/C17H22FN3O2/c1-12-10-15(12)17(23)21-8-6-20(7-9-21)11-16(22)19-14-4-2-13(18)3-5-14/h2-5,12,15H,6-11H2,1H3,(H,19,22)/p+1/t12-,15-/m0/s1. The lowest BCUT2D eigenvalue weighted by Gasteiger charge is -2.32. The van der Waals surface area contributed by atoms with Gasteiger partial charge in [0.15, 0.2) is 6.54 Å². The van der Waals surface area contributed by atoms with Crippen LogP contribution in [0.1, 0.15) is 13.3 Å². The zero-order valence-corrected chi connectivity index (χ0v) is 13.3. The average molecular weight is 320 g/mol. The fraction of sp³-hybridized carbons (Fsp3) is 0.529. The van der Waals surface area contributed by atoms with Crippen molar-refractivity contribution in [2.45, 2.75) is 13.3 Å². The highest BCUT2D eigenvalue weighted by atomic mass is 19.1. The molecule has 124 valence electrons. The first-order valence-corrected chi connectivity index (χ1v) is 8.20. The number of piperazine rings is 1. The number of hydrogen-bond acceptors (Lipinski definition) is 2. The van der Waals surface area contributed by atoms with Crippen LogP contribution >= 0.6 is 0 Å². The lowest BCUT2D eigenvalue weighted by atomic mass is 10.2. The Hall–Kier alpha value is -1.95. The Morgan fingerprint density at radius 1 is 1.26 bits per heavy atom. The van der Waals surface area contributed by atoms with Gasteiger partial charge in [-0.3, -0.25) is 9.59 Å². The number of nitrogens with one attached hydrogen (secondary N) is 2. The van der Waals surface area contributed by atoms with E-state index in [9.17, 15) is 14.0 Å². The van der Waals surface area contributed by atoms with Gasteiger partial charge in [0.2, 0.25) is 5.91 Å². The van der Waals surface area contributed by atoms with E-state index in [0.29, 0.717) is 18.2 Å². The van der Waals surface area contributed by atoms with Gasteiger partial charge in [-0.25, -0.2) is 4.39 Å². The van der Waals surface area contributed by atoms with Gasteiger partial charge in [0.1, 0.15) is 5.82 Å². The van der Waals surface area contributed by atoms with Crippen LogP contribution in [0, 0.1) is 17.7 Å². The van der Waals surface area contributed by atoms with E-state index in [1.807, 2.05) is 4.90 Å². The van der Waals surface area contributed by atoms with Crippen LogP contribution in [0.15, 0.2) is 24.3 Å². The average Bonchev–Trinajstić information content (AvgIpc) is 3.26. The molecule has 1 aliphatic carbocycles. The largest absolute Gasteiger partial charge is 0.331 e. The Morgan fingerprint density at radius 3 is 2.43 bits per heavy atom. The highest BCUT2D eigenvalue weighted by molar-refractivity contribution is 5.91. The van der Waals surface area contributed by atoms with Crippen molar-refractivity contribution >= 4 is 17.5 Å². The zero-order chi connectivity index (χ0) is 16.4. The van der Waals surface area contributed by atoms with E-state index in [4.69, 9.17) is 0 Å². The maximum Gasteiger partial charge on any atom is 0.279 e. The Labute approximate surface area is 135 Å². The van der Waals surface area contributed by atoms with Crippen molar-refractivity contribution in [3.63, 3.8) is 0 Å². The van der Waals surface area contributed by atoms with Crippen LogP contribution in [0.2, 0.25) is 0 Å². The summed E-state index contributed by atoms with van der Waals surface area (Å²) >= 11 is 0. The summed E-state index contributed by atoms with van der Waals surface area (Å²) in [5.74, 6) is 0.654. The Balaban J connectivity index is 1.42. The molecule has 0 spiro atoms. The van der Waals surface area contributed by atoms with Crippen molar-refractivity contribution < 1.29 is 18.9 Å². The van der Waals surface area contributed by atoms with Crippen LogP contribution in [-0.4, -0.2) is 49.4 Å². The molecule has 0 bridgehead atoms. The van der Waals surface area contributed by atoms with Crippen LogP contribution in [0.4, 0.5) is 10.1 Å². The fourth-order valence-corrected chi connectivity index (χ4v) is 3.09. The molecule has 6 heteroatoms. The highest BCUT2D eigenvalue weighted by Gasteiger charge is 2.42. The van der Waals surface area contributed by atoms with Gasteiger partial charge >= 0.3 is 0 Å². The summed E-state index contributed by atoms with van der Waals surface area (Å²) in [6.45, 7) is 5.53. The van der Waals surface area contributed by atoms with E-state index in [1.54, 1.807) is 12.1 Å². The fourth-order valence-electron chi connectivity index (χ4n) is 3.09. The van der Waals surface area contributed by atoms with Crippen LogP contribution < -0.4 is 10.2 Å². The van der Waals surface area contributed by atoms with Crippen LogP contribution in [0.5, 0.6) is 0 Å². The van der Waals surface area contributed by atoms with Crippen molar-refractivity contribution in [2.75, 3.05) is 38.0 Å². The minimum Gasteiger partial charge on any atom is -0.331 e. The molecule has 1 aromatic carbocycles. The number of benzene rings is 1. The molecule has 2 aliphatic rings. The summed E-state index contributed by atoms with van der Waals surface area (Å²) in [5, 5.41) is 2.78. The number of carbonyl (C=O) groups is 2. The molecule has 2 atom stereocenters. The first kappa shape index (κ1) is 15.9. The Morgan fingerprint density at radius 2 is 1.87 bits per heavy atom. The normalized spacial score (nSPS) is 24.3. The monoisotopic (exact) mass is 320 g/mol. The van der Waals surface area contributed by atoms with Gasteiger partial charge in [0.05, 0.1) is 26.2 Å². The lowest BCUT2D eigenvalue weighted by molar-refractivity contribution is -0.895. The lowest BCUT2D eigenvalue weighted by Crippen LogP contribution is -3.15. The number of rotatable bonds is 4. The third-order valence-corrected chi connectivity index (χ3v) is 4.75. The summed E-state index contributed by atoms with van der Waals surface area (Å²) in [6, 6.07) is 5.75. The summed E-state index contributed by atoms with van der Waals surface area (Å²) in [7, 11) is 0. The Bertz CT molecular complexity index is 582. The second-order valence-electron chi connectivity index (χ2n) is 6.63. The van der Waals surface area contributed by atoms with Crippen molar-refractivity contribution in [3.8, 4) is 0 Å². The molecule has 1 heterocycles. The molecular weight excluding hydrogens is 297 g/mol. The molecule has 2 fully saturated rings.